The van der Waals surface area contributed by atoms with Crippen LogP contribution in [0.2, 0.25) is 0 Å². The molecule has 532 valence electrons. The van der Waals surface area contributed by atoms with E-state index < -0.39 is 186 Å². The molecule has 2 bridgehead atoms. The van der Waals surface area contributed by atoms with Gasteiger partial charge >= 0.3 is 0 Å². The number of nitrogens with one attached hydrogen (secondary N) is 11. The van der Waals surface area contributed by atoms with E-state index in [2.05, 4.69) is 58.5 Å². The first-order valence-electron chi connectivity index (χ1n) is 32.2. The van der Waals surface area contributed by atoms with Crippen LogP contribution in [-0.2, 0) is 78.3 Å². The molecule has 4 unspecified atom stereocenters. The Morgan fingerprint density at radius 2 is 1.25 bits per heavy atom. The molecule has 5 heterocycles. The fourth-order valence-corrected chi connectivity index (χ4v) is 13.3. The van der Waals surface area contributed by atoms with Crippen LogP contribution in [-0.4, -0.2) is 232 Å². The van der Waals surface area contributed by atoms with Gasteiger partial charge in [0.05, 0.1) is 25.6 Å². The summed E-state index contributed by atoms with van der Waals surface area (Å²) >= 11 is 0. The number of aliphatic hydroxyl groups excluding tert-OH is 1. The first-order chi connectivity index (χ1) is 45.7. The second-order valence-corrected chi connectivity index (χ2v) is 26.7. The number of hydrogen-bond donors (Lipinski definition) is 17. The van der Waals surface area contributed by atoms with Gasteiger partial charge < -0.3 is 101 Å². The highest BCUT2D eigenvalue weighted by Crippen LogP contribution is 2.25. The van der Waals surface area contributed by atoms with Gasteiger partial charge in [-0.25, -0.2) is 0 Å². The second kappa shape index (κ2) is 39.0. The van der Waals surface area contributed by atoms with E-state index in [9.17, 15) is 82.1 Å². The Morgan fingerprint density at radius 3 is 1.91 bits per heavy atom. The quantitative estimate of drug-likeness (QED) is 0.0468. The van der Waals surface area contributed by atoms with Crippen molar-refractivity contribution < 1.29 is 82.1 Å². The molecule has 0 radical (unpaired) electrons. The molecule has 0 saturated carbocycles. The summed E-state index contributed by atoms with van der Waals surface area (Å²) in [6.45, 7) is 3.15. The maximum absolute atomic E-state index is 14.6. The fraction of sp³-hybridized carbons (Fsp3) is 0.650. The summed E-state index contributed by atoms with van der Waals surface area (Å²) < 4.78 is 0. The van der Waals surface area contributed by atoms with Gasteiger partial charge in [0.25, 0.3) is 0 Å². The molecule has 5 saturated heterocycles. The van der Waals surface area contributed by atoms with E-state index in [-0.39, 0.29) is 108 Å². The molecular formula is C60H93N17O17S2. The number of primary amides is 2. The van der Waals surface area contributed by atoms with Crippen LogP contribution in [0.4, 0.5) is 0 Å². The lowest BCUT2D eigenvalue weighted by Gasteiger charge is -2.30. The third-order valence-corrected chi connectivity index (χ3v) is 19.3. The number of phenols is 1. The minimum absolute atomic E-state index is 0.00602. The number of benzene rings is 1. The Kier molecular flexibility index (Phi) is 31.8. The highest BCUT2D eigenvalue weighted by molar-refractivity contribution is 8.76. The lowest BCUT2D eigenvalue weighted by Crippen LogP contribution is -2.60. The number of carbonyl (C=O) groups excluding carboxylic acids is 15. The van der Waals surface area contributed by atoms with Gasteiger partial charge in [-0.3, -0.25) is 71.9 Å². The van der Waals surface area contributed by atoms with Crippen molar-refractivity contribution in [2.75, 3.05) is 50.8 Å². The number of unbranched alkanes of at least 4 members (excludes halogenated alkanes) is 1. The number of nitrogens with zero attached hydrogens (tertiary/aromatic N) is 2. The zero-order valence-electron chi connectivity index (χ0n) is 54.1. The van der Waals surface area contributed by atoms with Crippen molar-refractivity contribution in [2.24, 2.45) is 28.9 Å². The van der Waals surface area contributed by atoms with E-state index in [1.54, 1.807) is 13.8 Å². The Morgan fingerprint density at radius 1 is 0.646 bits per heavy atom. The largest absolute Gasteiger partial charge is 0.508 e. The van der Waals surface area contributed by atoms with E-state index in [0.29, 0.717) is 31.2 Å². The zero-order valence-corrected chi connectivity index (χ0v) is 55.7. The van der Waals surface area contributed by atoms with Gasteiger partial charge in [-0.15, -0.1) is 0 Å². The minimum Gasteiger partial charge on any atom is -0.508 e. The number of aromatic hydroxyl groups is 1. The van der Waals surface area contributed by atoms with Crippen molar-refractivity contribution in [3.8, 4) is 5.75 Å². The van der Waals surface area contributed by atoms with Crippen LogP contribution >= 0.6 is 21.6 Å². The molecule has 1 aromatic rings. The maximum atomic E-state index is 14.6. The molecule has 34 nitrogen and oxygen atoms in total. The number of phenolic OH excluding ortho intramolecular Hbond substituents is 1. The van der Waals surface area contributed by atoms with Crippen LogP contribution < -0.4 is 81.4 Å². The average Bonchev–Trinajstić information content (AvgIpc) is 1.63. The summed E-state index contributed by atoms with van der Waals surface area (Å²) in [4.78, 5) is 212. The number of rotatable bonds is 14. The van der Waals surface area contributed by atoms with Crippen molar-refractivity contribution in [1.29, 1.82) is 0 Å². The standard InChI is InChI=1S/C60H93N17O17S2/c1-4-31(2)48(63)59(93)70-36-12-6-8-22-65-46(81)20-19-37-51(85)66-27-47(82)76-23-9-13-43(76)58(92)69-35(11-5-7-21-61)52(86)71-38(25-33-15-17-34(79)18-16-33)54(88)73-40(28-78)55(89)74-41(49(64)83)29-95-96-30-42(75-53(36)87)56(90)72-39(26-45(62)80)60(94)77-24-10-14-44(77)57(91)67-32(3)50(84)68-37/h15-18,31-32,35-44,48,78-79H,4-14,19-30,61,63H2,1-3H3,(H2,62,80)(H2,64,83)(H,65,81)(H,66,85)(H,67,91)(H,68,84)(H,69,92)(H,70,93)(H,71,86)(H,72,90)(H,73,88)(H,74,89)(H,75,87)/t31?,32-,35?,36-,37-,38?,39-,40-,41-,42-,43-,44-,48?/m0/s1. The van der Waals surface area contributed by atoms with Crippen molar-refractivity contribution in [2.45, 2.75) is 190 Å². The molecule has 0 spiro atoms. The smallest absolute Gasteiger partial charge is 0.246 e. The molecule has 15 amide bonds. The first kappa shape index (κ1) is 78.3. The predicted molar refractivity (Wildman–Crippen MR) is 349 cm³/mol. The van der Waals surface area contributed by atoms with E-state index in [4.69, 9.17) is 22.9 Å². The molecule has 13 atom stereocenters. The summed E-state index contributed by atoms with van der Waals surface area (Å²) in [7, 11) is 1.68. The van der Waals surface area contributed by atoms with Crippen LogP contribution in [0, 0.1) is 5.92 Å². The number of aliphatic hydroxyl groups is 1. The molecule has 1 aromatic carbocycles. The lowest BCUT2D eigenvalue weighted by atomic mass is 9.98. The minimum atomic E-state index is -1.81. The van der Waals surface area contributed by atoms with Crippen molar-refractivity contribution in [3.05, 3.63) is 29.8 Å². The summed E-state index contributed by atoms with van der Waals surface area (Å²) in [5.41, 5.74) is 23.9. The monoisotopic (exact) mass is 1390 g/mol. The highest BCUT2D eigenvalue weighted by atomic mass is 33.1. The van der Waals surface area contributed by atoms with E-state index >= 15 is 0 Å². The molecule has 36 heteroatoms. The second-order valence-electron chi connectivity index (χ2n) is 24.1. The topological polar surface area (TPSA) is 539 Å². The van der Waals surface area contributed by atoms with Gasteiger partial charge in [-0.1, -0.05) is 54.0 Å². The molecule has 5 fully saturated rings. The Hall–Kier alpha value is -8.35. The van der Waals surface area contributed by atoms with Crippen molar-refractivity contribution in [3.63, 3.8) is 0 Å². The SMILES string of the molecule is CCC(C)C(N)C(=O)N[C@H]1CCCCNC(=O)CC[C@@H]2NC(=O)[C@H](C)NC(=O)[C@@H]3CCCN3C(=O)[C@H](CC(N)=O)NC(=O)[C@H](CSSC[C@@H](C(N)=O)NC(=O)[C@H](CO)NC(=O)C(Cc3ccc(O)cc3)NC(=O)C(CCCCN)NC(=O)[C@@H]3CCCN3C(=O)CNC2=O)NC1=O. The van der Waals surface area contributed by atoms with E-state index in [1.807, 2.05) is 0 Å². The van der Waals surface area contributed by atoms with Gasteiger partial charge in [-0.2, -0.15) is 0 Å². The molecule has 0 aromatic heterocycles. The van der Waals surface area contributed by atoms with Crippen molar-refractivity contribution in [1.82, 2.24) is 68.3 Å². The van der Waals surface area contributed by atoms with Gasteiger partial charge in [0.15, 0.2) is 0 Å². The average molecular weight is 1390 g/mol. The molecule has 21 N–H and O–H groups in total. The Balaban J connectivity index is 1.60. The van der Waals surface area contributed by atoms with Crippen LogP contribution in [0.5, 0.6) is 5.75 Å². The van der Waals surface area contributed by atoms with Crippen LogP contribution in [0.15, 0.2) is 24.3 Å². The van der Waals surface area contributed by atoms with Crippen LogP contribution in [0.1, 0.15) is 116 Å². The predicted octanol–water partition coefficient (Wildman–Crippen LogP) is -6.25. The Labute approximate surface area is 563 Å². The molecule has 5 aliphatic rings. The number of nitrogens with two attached hydrogens (primary N) is 4. The molecule has 6 rings (SSSR count). The number of amides is 15. The summed E-state index contributed by atoms with van der Waals surface area (Å²) in [5, 5.41) is 48.7. The summed E-state index contributed by atoms with van der Waals surface area (Å²) in [5.74, 6) is -15.1. The zero-order chi connectivity index (χ0) is 70.8. The van der Waals surface area contributed by atoms with E-state index in [1.165, 1.54) is 36.1 Å². The molecular weight excluding hydrogens is 1290 g/mol. The number of carbonyl (C=O) groups is 15. The van der Waals surface area contributed by atoms with Gasteiger partial charge in [-0.05, 0) is 108 Å². The van der Waals surface area contributed by atoms with Gasteiger partial charge in [0.1, 0.15) is 72.2 Å². The molecule has 5 aliphatic heterocycles. The summed E-state index contributed by atoms with van der Waals surface area (Å²) in [6, 6.07) is -12.1. The van der Waals surface area contributed by atoms with Crippen LogP contribution in [0.3, 0.4) is 0 Å². The number of hydrogen-bond acceptors (Lipinski definition) is 21. The molecule has 0 aliphatic carbocycles. The highest BCUT2D eigenvalue weighted by Gasteiger charge is 2.42. The number of fused-ring (bicyclic) bond motifs is 35. The normalized spacial score (nSPS) is 27.6. The third kappa shape index (κ3) is 24.1. The lowest BCUT2D eigenvalue weighted by molar-refractivity contribution is -0.143. The van der Waals surface area contributed by atoms with Gasteiger partial charge in [0.2, 0.25) is 88.6 Å². The van der Waals surface area contributed by atoms with Crippen LogP contribution in [0.25, 0.3) is 0 Å². The Bertz CT molecular complexity index is 2970. The molecule has 96 heavy (non-hydrogen) atoms. The fourth-order valence-electron chi connectivity index (χ4n) is 11.0. The van der Waals surface area contributed by atoms with Gasteiger partial charge in [0, 0.05) is 44.0 Å². The summed E-state index contributed by atoms with van der Waals surface area (Å²) in [6.07, 6.45) is 0.214. The third-order valence-electron chi connectivity index (χ3n) is 16.9. The first-order valence-corrected chi connectivity index (χ1v) is 34.7. The van der Waals surface area contributed by atoms with E-state index in [0.717, 1.165) is 26.5 Å². The van der Waals surface area contributed by atoms with Crippen molar-refractivity contribution >= 4 is 110 Å². The maximum Gasteiger partial charge on any atom is 0.246 e.